The molecule has 0 aliphatic rings. The van der Waals surface area contributed by atoms with Gasteiger partial charge in [-0.3, -0.25) is 0 Å². The van der Waals surface area contributed by atoms with E-state index in [0.717, 1.165) is 60.1 Å². The number of nitrogens with one attached hydrogen (secondary N) is 2. The molecular formula is C21H31IN8. The van der Waals surface area contributed by atoms with Gasteiger partial charge in [-0.25, -0.2) is 9.98 Å². The molecule has 8 nitrogen and oxygen atoms in total. The lowest BCUT2D eigenvalue weighted by Crippen LogP contribution is -2.38. The average molecular weight is 522 g/mol. The van der Waals surface area contributed by atoms with Crippen molar-refractivity contribution < 1.29 is 0 Å². The Hall–Kier alpha value is -2.43. The van der Waals surface area contributed by atoms with Gasteiger partial charge in [-0.15, -0.1) is 34.2 Å². The minimum atomic E-state index is 0. The highest BCUT2D eigenvalue weighted by Crippen LogP contribution is 2.22. The number of nitrogens with zero attached hydrogens (tertiary/aromatic N) is 6. The number of pyridine rings is 1. The number of rotatable bonds is 8. The Bertz CT molecular complexity index is 967. The molecule has 1 aromatic carbocycles. The summed E-state index contributed by atoms with van der Waals surface area (Å²) in [7, 11) is 4.01. The van der Waals surface area contributed by atoms with Crippen LogP contribution in [0.2, 0.25) is 0 Å². The summed E-state index contributed by atoms with van der Waals surface area (Å²) in [5.41, 5.74) is 2.14. The number of aromatic nitrogens is 4. The van der Waals surface area contributed by atoms with Crippen molar-refractivity contribution in [2.24, 2.45) is 4.99 Å². The third-order valence-electron chi connectivity index (χ3n) is 4.66. The molecule has 0 amide bonds. The van der Waals surface area contributed by atoms with Crippen molar-refractivity contribution in [3.05, 3.63) is 48.0 Å². The molecule has 0 radical (unpaired) electrons. The van der Waals surface area contributed by atoms with Crippen LogP contribution in [-0.4, -0.2) is 52.9 Å². The third kappa shape index (κ3) is 6.04. The second-order valence-electron chi connectivity index (χ2n) is 6.97. The summed E-state index contributed by atoms with van der Waals surface area (Å²) in [4.78, 5) is 11.5. The number of para-hydroxylation sites is 1. The SMILES string of the molecule is CCNC(=NCc1cc(N(C)C)nc2ccccc12)NCCn1cnnc1CC.I. The molecule has 2 N–H and O–H groups in total. The molecule has 0 aliphatic carbocycles. The maximum Gasteiger partial charge on any atom is 0.191 e. The monoisotopic (exact) mass is 522 g/mol. The Morgan fingerprint density at radius 1 is 1.17 bits per heavy atom. The lowest BCUT2D eigenvalue weighted by atomic mass is 10.1. The number of hydrogen-bond acceptors (Lipinski definition) is 5. The quantitative estimate of drug-likeness (QED) is 0.269. The number of benzene rings is 1. The zero-order valence-corrected chi connectivity index (χ0v) is 20.4. The predicted molar refractivity (Wildman–Crippen MR) is 134 cm³/mol. The average Bonchev–Trinajstić information content (AvgIpc) is 3.19. The Balaban J connectivity index is 0.00000320. The number of guanidine groups is 1. The van der Waals surface area contributed by atoms with Gasteiger partial charge in [-0.1, -0.05) is 25.1 Å². The molecule has 2 aromatic heterocycles. The van der Waals surface area contributed by atoms with Crippen LogP contribution in [0.4, 0.5) is 5.82 Å². The van der Waals surface area contributed by atoms with Gasteiger partial charge in [0.25, 0.3) is 0 Å². The van der Waals surface area contributed by atoms with Crippen molar-refractivity contribution in [2.75, 3.05) is 32.1 Å². The first-order chi connectivity index (χ1) is 14.1. The van der Waals surface area contributed by atoms with Crippen LogP contribution in [0.25, 0.3) is 10.9 Å². The molecule has 0 aliphatic heterocycles. The molecule has 30 heavy (non-hydrogen) atoms. The summed E-state index contributed by atoms with van der Waals surface area (Å²) in [5, 5.41) is 16.0. The van der Waals surface area contributed by atoms with E-state index in [1.54, 1.807) is 6.33 Å². The van der Waals surface area contributed by atoms with E-state index in [9.17, 15) is 0 Å². The Morgan fingerprint density at radius 2 is 1.97 bits per heavy atom. The lowest BCUT2D eigenvalue weighted by Gasteiger charge is -2.15. The van der Waals surface area contributed by atoms with Crippen LogP contribution >= 0.6 is 24.0 Å². The summed E-state index contributed by atoms with van der Waals surface area (Å²) < 4.78 is 2.07. The topological polar surface area (TPSA) is 83.3 Å². The van der Waals surface area contributed by atoms with Gasteiger partial charge in [0.2, 0.25) is 0 Å². The lowest BCUT2D eigenvalue weighted by molar-refractivity contribution is 0.632. The van der Waals surface area contributed by atoms with Crippen molar-refractivity contribution in [1.29, 1.82) is 0 Å². The van der Waals surface area contributed by atoms with Crippen molar-refractivity contribution in [3.63, 3.8) is 0 Å². The molecule has 0 fully saturated rings. The second kappa shape index (κ2) is 11.7. The van der Waals surface area contributed by atoms with Gasteiger partial charge >= 0.3 is 0 Å². The van der Waals surface area contributed by atoms with Crippen LogP contribution in [0, 0.1) is 0 Å². The minimum Gasteiger partial charge on any atom is -0.363 e. The van der Waals surface area contributed by atoms with Crippen LogP contribution in [0.3, 0.4) is 0 Å². The number of aryl methyl sites for hydroxylation is 1. The molecule has 0 bridgehead atoms. The van der Waals surface area contributed by atoms with Crippen molar-refractivity contribution in [2.45, 2.75) is 33.4 Å². The molecule has 0 spiro atoms. The number of aliphatic imine (C=N–C) groups is 1. The predicted octanol–water partition coefficient (Wildman–Crippen LogP) is 2.83. The van der Waals surface area contributed by atoms with Crippen molar-refractivity contribution in [3.8, 4) is 0 Å². The van der Waals surface area contributed by atoms with Crippen LogP contribution in [0.1, 0.15) is 25.2 Å². The Kier molecular flexibility index (Phi) is 9.28. The molecule has 162 valence electrons. The van der Waals surface area contributed by atoms with Crippen LogP contribution in [0.5, 0.6) is 0 Å². The number of hydrogen-bond donors (Lipinski definition) is 2. The highest BCUT2D eigenvalue weighted by Gasteiger charge is 2.08. The van der Waals surface area contributed by atoms with E-state index in [-0.39, 0.29) is 24.0 Å². The zero-order valence-electron chi connectivity index (χ0n) is 18.1. The van der Waals surface area contributed by atoms with Gasteiger partial charge < -0.3 is 20.1 Å². The van der Waals surface area contributed by atoms with Gasteiger partial charge in [0, 0.05) is 45.5 Å². The third-order valence-corrected chi connectivity index (χ3v) is 4.66. The molecule has 9 heteroatoms. The molecule has 3 aromatic rings. The standard InChI is InChI=1S/C21H30N8.HI/c1-5-19-27-25-15-29(19)12-11-23-21(22-6-2)24-14-16-13-20(28(3)4)26-18-10-8-7-9-17(16)18;/h7-10,13,15H,5-6,11-12,14H2,1-4H3,(H2,22,23,24);1H. The van der Waals surface area contributed by atoms with Crippen LogP contribution < -0.4 is 15.5 Å². The van der Waals surface area contributed by atoms with Crippen LogP contribution in [0.15, 0.2) is 41.7 Å². The van der Waals surface area contributed by atoms with E-state index in [4.69, 9.17) is 9.98 Å². The molecule has 3 rings (SSSR count). The van der Waals surface area contributed by atoms with Gasteiger partial charge in [-0.2, -0.15) is 0 Å². The van der Waals surface area contributed by atoms with Gasteiger partial charge in [0.1, 0.15) is 18.0 Å². The van der Waals surface area contributed by atoms with Crippen LogP contribution in [-0.2, 0) is 19.5 Å². The summed E-state index contributed by atoms with van der Waals surface area (Å²) in [6.07, 6.45) is 2.65. The summed E-state index contributed by atoms with van der Waals surface area (Å²) in [6.45, 7) is 7.07. The first-order valence-corrected chi connectivity index (χ1v) is 10.1. The zero-order chi connectivity index (χ0) is 20.6. The molecule has 0 atom stereocenters. The summed E-state index contributed by atoms with van der Waals surface area (Å²) >= 11 is 0. The normalized spacial score (nSPS) is 11.3. The van der Waals surface area contributed by atoms with E-state index >= 15 is 0 Å². The van der Waals surface area contributed by atoms with E-state index in [1.165, 1.54) is 0 Å². The molecule has 0 saturated heterocycles. The highest BCUT2D eigenvalue weighted by molar-refractivity contribution is 14.0. The number of halogens is 1. The number of anilines is 1. The first-order valence-electron chi connectivity index (χ1n) is 10.1. The molecule has 2 heterocycles. The minimum absolute atomic E-state index is 0. The van der Waals surface area contributed by atoms with Gasteiger partial charge in [0.15, 0.2) is 5.96 Å². The van der Waals surface area contributed by atoms with E-state index in [2.05, 4.69) is 51.4 Å². The van der Waals surface area contributed by atoms with E-state index < -0.39 is 0 Å². The van der Waals surface area contributed by atoms with E-state index in [1.807, 2.05) is 37.2 Å². The smallest absolute Gasteiger partial charge is 0.191 e. The fraction of sp³-hybridized carbons (Fsp3) is 0.429. The fourth-order valence-corrected chi connectivity index (χ4v) is 3.13. The molecule has 0 unspecified atom stereocenters. The summed E-state index contributed by atoms with van der Waals surface area (Å²) in [6, 6.07) is 10.3. The largest absolute Gasteiger partial charge is 0.363 e. The first kappa shape index (κ1) is 23.8. The maximum absolute atomic E-state index is 4.80. The van der Waals surface area contributed by atoms with E-state index in [0.29, 0.717) is 6.54 Å². The van der Waals surface area contributed by atoms with Crippen molar-refractivity contribution >= 4 is 46.7 Å². The second-order valence-corrected chi connectivity index (χ2v) is 6.97. The van der Waals surface area contributed by atoms with Crippen molar-refractivity contribution in [1.82, 2.24) is 30.4 Å². The number of fused-ring (bicyclic) bond motifs is 1. The van der Waals surface area contributed by atoms with Gasteiger partial charge in [-0.05, 0) is 24.6 Å². The highest BCUT2D eigenvalue weighted by atomic mass is 127. The fourth-order valence-electron chi connectivity index (χ4n) is 3.13. The molecular weight excluding hydrogens is 491 g/mol. The van der Waals surface area contributed by atoms with Gasteiger partial charge in [0.05, 0.1) is 12.1 Å². The molecule has 0 saturated carbocycles. The maximum atomic E-state index is 4.80. The Labute approximate surface area is 195 Å². The summed E-state index contributed by atoms with van der Waals surface area (Å²) in [5.74, 6) is 2.73. The Morgan fingerprint density at radius 3 is 2.70 bits per heavy atom.